The van der Waals surface area contributed by atoms with Crippen LogP contribution >= 0.6 is 0 Å². The normalized spacial score (nSPS) is 24.7. The first kappa shape index (κ1) is 10.4. The van der Waals surface area contributed by atoms with Gasteiger partial charge < -0.3 is 0 Å². The van der Waals surface area contributed by atoms with E-state index in [4.69, 9.17) is 0 Å². The van der Waals surface area contributed by atoms with Crippen LogP contribution in [0.15, 0.2) is 36.4 Å². The van der Waals surface area contributed by atoms with Crippen molar-refractivity contribution in [2.24, 2.45) is 0 Å². The summed E-state index contributed by atoms with van der Waals surface area (Å²) in [5, 5.41) is -0.488. The lowest BCUT2D eigenvalue weighted by Crippen LogP contribution is -2.11. The molecule has 1 aromatic carbocycles. The van der Waals surface area contributed by atoms with E-state index in [9.17, 15) is 8.42 Å². The Morgan fingerprint density at radius 3 is 2.60 bits per heavy atom. The lowest BCUT2D eigenvalue weighted by molar-refractivity contribution is 0.354. The van der Waals surface area contributed by atoms with Crippen LogP contribution in [-0.2, 0) is 14.3 Å². The van der Waals surface area contributed by atoms with E-state index < -0.39 is 15.4 Å². The first-order valence-electron chi connectivity index (χ1n) is 4.80. The maximum atomic E-state index is 11.3. The summed E-state index contributed by atoms with van der Waals surface area (Å²) < 4.78 is 27.3. The molecule has 0 aromatic heterocycles. The molecule has 0 N–H and O–H groups in total. The highest BCUT2D eigenvalue weighted by atomic mass is 32.2. The van der Waals surface area contributed by atoms with Crippen molar-refractivity contribution >= 4 is 16.2 Å². The summed E-state index contributed by atoms with van der Waals surface area (Å²) >= 11 is 0. The van der Waals surface area contributed by atoms with Crippen LogP contribution in [0.4, 0.5) is 0 Å². The van der Waals surface area contributed by atoms with Gasteiger partial charge in [0.15, 0.2) is 0 Å². The third-order valence-electron chi connectivity index (χ3n) is 2.32. The molecule has 0 radical (unpaired) electrons. The van der Waals surface area contributed by atoms with Crippen LogP contribution in [-0.4, -0.2) is 20.3 Å². The molecule has 0 aliphatic carbocycles. The second-order valence-electron chi connectivity index (χ2n) is 3.41. The summed E-state index contributed by atoms with van der Waals surface area (Å²) in [6.45, 7) is 0.298. The largest absolute Gasteiger partial charge is 0.273 e. The minimum Gasteiger partial charge on any atom is -0.270 e. The summed E-state index contributed by atoms with van der Waals surface area (Å²) in [7, 11) is -3.34. The zero-order valence-electron chi connectivity index (χ0n) is 8.17. The van der Waals surface area contributed by atoms with Crippen molar-refractivity contribution in [2.45, 2.75) is 11.7 Å². The van der Waals surface area contributed by atoms with Gasteiger partial charge in [-0.3, -0.25) is 4.18 Å². The first-order chi connectivity index (χ1) is 7.18. The lowest BCUT2D eigenvalue weighted by atomic mass is 10.2. The molecule has 0 bridgehead atoms. The molecule has 0 amide bonds. The molecule has 1 unspecified atom stereocenters. The van der Waals surface area contributed by atoms with Gasteiger partial charge in [-0.2, -0.15) is 8.42 Å². The van der Waals surface area contributed by atoms with E-state index in [2.05, 4.69) is 4.18 Å². The second-order valence-corrected chi connectivity index (χ2v) is 5.24. The van der Waals surface area contributed by atoms with Crippen molar-refractivity contribution in [3.8, 4) is 0 Å². The highest BCUT2D eigenvalue weighted by molar-refractivity contribution is 7.87. The molecule has 1 aliphatic rings. The second kappa shape index (κ2) is 4.16. The Balaban J connectivity index is 2.13. The molecule has 0 spiro atoms. The Hall–Kier alpha value is -1.13. The van der Waals surface area contributed by atoms with Gasteiger partial charge in [-0.25, -0.2) is 0 Å². The quantitative estimate of drug-likeness (QED) is 0.720. The Morgan fingerprint density at radius 1 is 1.27 bits per heavy atom. The van der Waals surface area contributed by atoms with Crippen molar-refractivity contribution in [3.63, 3.8) is 0 Å². The maximum Gasteiger partial charge on any atom is 0.273 e. The third kappa shape index (κ3) is 2.46. The molecule has 1 aromatic rings. The number of hydrogen-bond donors (Lipinski definition) is 0. The van der Waals surface area contributed by atoms with Crippen molar-refractivity contribution < 1.29 is 12.6 Å². The van der Waals surface area contributed by atoms with E-state index in [-0.39, 0.29) is 0 Å². The van der Waals surface area contributed by atoms with Crippen LogP contribution in [0.3, 0.4) is 0 Å². The third-order valence-corrected chi connectivity index (χ3v) is 3.95. The number of rotatable bonds is 2. The van der Waals surface area contributed by atoms with E-state index in [1.165, 1.54) is 0 Å². The van der Waals surface area contributed by atoms with Crippen molar-refractivity contribution in [1.82, 2.24) is 0 Å². The number of benzene rings is 1. The van der Waals surface area contributed by atoms with Gasteiger partial charge in [0, 0.05) is 0 Å². The summed E-state index contributed by atoms with van der Waals surface area (Å²) in [4.78, 5) is 0. The summed E-state index contributed by atoms with van der Waals surface area (Å²) in [6, 6.07) is 9.61. The molecule has 1 heterocycles. The average Bonchev–Trinajstić information content (AvgIpc) is 2.56. The van der Waals surface area contributed by atoms with E-state index in [0.29, 0.717) is 13.0 Å². The zero-order valence-corrected chi connectivity index (χ0v) is 8.98. The first-order valence-corrected chi connectivity index (χ1v) is 6.27. The number of hydrogen-bond acceptors (Lipinski definition) is 3. The van der Waals surface area contributed by atoms with Gasteiger partial charge in [0.1, 0.15) is 5.25 Å². The van der Waals surface area contributed by atoms with Crippen LogP contribution in [0.1, 0.15) is 12.0 Å². The van der Waals surface area contributed by atoms with Gasteiger partial charge in [0.2, 0.25) is 0 Å². The van der Waals surface area contributed by atoms with Gasteiger partial charge in [-0.1, -0.05) is 42.5 Å². The molecule has 2 rings (SSSR count). The van der Waals surface area contributed by atoms with E-state index in [0.717, 1.165) is 5.56 Å². The van der Waals surface area contributed by atoms with Crippen LogP contribution in [0.25, 0.3) is 6.08 Å². The maximum absolute atomic E-state index is 11.3. The fraction of sp³-hybridized carbons (Fsp3) is 0.273. The van der Waals surface area contributed by atoms with Gasteiger partial charge in [-0.15, -0.1) is 0 Å². The molecule has 80 valence electrons. The van der Waals surface area contributed by atoms with E-state index in [1.807, 2.05) is 36.4 Å². The summed E-state index contributed by atoms with van der Waals surface area (Å²) in [5.74, 6) is 0. The predicted molar refractivity (Wildman–Crippen MR) is 58.8 cm³/mol. The average molecular weight is 224 g/mol. The van der Waals surface area contributed by atoms with Gasteiger partial charge in [0.25, 0.3) is 10.1 Å². The van der Waals surface area contributed by atoms with E-state index >= 15 is 0 Å². The SMILES string of the molecule is O=S1(=O)OCCC1/C=C/c1ccccc1. The van der Waals surface area contributed by atoms with Gasteiger partial charge in [0.05, 0.1) is 6.61 Å². The van der Waals surface area contributed by atoms with Crippen LogP contribution in [0.5, 0.6) is 0 Å². The zero-order chi connectivity index (χ0) is 10.7. The van der Waals surface area contributed by atoms with Crippen LogP contribution < -0.4 is 0 Å². The summed E-state index contributed by atoms with van der Waals surface area (Å²) in [5.41, 5.74) is 1.000. The monoisotopic (exact) mass is 224 g/mol. The Bertz CT molecular complexity index is 448. The molecule has 4 heteroatoms. The molecular weight excluding hydrogens is 212 g/mol. The smallest absolute Gasteiger partial charge is 0.270 e. The fourth-order valence-corrected chi connectivity index (χ4v) is 2.65. The molecule has 1 aliphatic heterocycles. The Morgan fingerprint density at radius 2 is 2.00 bits per heavy atom. The molecule has 0 saturated carbocycles. The highest BCUT2D eigenvalue weighted by Gasteiger charge is 2.30. The van der Waals surface area contributed by atoms with Crippen molar-refractivity contribution in [3.05, 3.63) is 42.0 Å². The predicted octanol–water partition coefficient (Wildman–Crippen LogP) is 1.82. The lowest BCUT2D eigenvalue weighted by Gasteiger charge is -1.99. The molecule has 3 nitrogen and oxygen atoms in total. The minimum absolute atomic E-state index is 0.298. The van der Waals surface area contributed by atoms with Crippen molar-refractivity contribution in [2.75, 3.05) is 6.61 Å². The molecule has 1 saturated heterocycles. The van der Waals surface area contributed by atoms with E-state index in [1.54, 1.807) is 6.08 Å². The van der Waals surface area contributed by atoms with Gasteiger partial charge >= 0.3 is 0 Å². The Labute approximate surface area is 89.5 Å². The minimum atomic E-state index is -3.34. The molecule has 1 atom stereocenters. The highest BCUT2D eigenvalue weighted by Crippen LogP contribution is 2.19. The standard InChI is InChI=1S/C11H12O3S/c12-15(13)11(8-9-14-15)7-6-10-4-2-1-3-5-10/h1-7,11H,8-9H2/b7-6+. The van der Waals surface area contributed by atoms with Crippen LogP contribution in [0, 0.1) is 0 Å². The summed E-state index contributed by atoms with van der Waals surface area (Å²) in [6.07, 6.45) is 4.06. The molecular formula is C11H12O3S. The topological polar surface area (TPSA) is 43.4 Å². The molecule has 15 heavy (non-hydrogen) atoms. The Kier molecular flexibility index (Phi) is 2.88. The molecule has 1 fully saturated rings. The van der Waals surface area contributed by atoms with Crippen molar-refractivity contribution in [1.29, 1.82) is 0 Å². The van der Waals surface area contributed by atoms with Gasteiger partial charge in [-0.05, 0) is 12.0 Å². The fourth-order valence-electron chi connectivity index (χ4n) is 1.49. The van der Waals surface area contributed by atoms with Crippen LogP contribution in [0.2, 0.25) is 0 Å².